The van der Waals surface area contributed by atoms with Gasteiger partial charge >= 0.3 is 0 Å². The minimum absolute atomic E-state index is 0.0542. The van der Waals surface area contributed by atoms with E-state index in [4.69, 9.17) is 9.47 Å². The second kappa shape index (κ2) is 8.80. The van der Waals surface area contributed by atoms with Gasteiger partial charge in [-0.05, 0) is 35.4 Å². The lowest BCUT2D eigenvalue weighted by molar-refractivity contribution is -0.132. The summed E-state index contributed by atoms with van der Waals surface area (Å²) in [5.41, 5.74) is 2.00. The van der Waals surface area contributed by atoms with E-state index in [1.807, 2.05) is 18.2 Å². The van der Waals surface area contributed by atoms with E-state index in [-0.39, 0.29) is 11.7 Å². The number of nitrogens with zero attached hydrogens (tertiary/aromatic N) is 3. The zero-order valence-electron chi connectivity index (χ0n) is 16.6. The molecule has 2 aromatic rings. The fourth-order valence-electron chi connectivity index (χ4n) is 3.71. The molecule has 0 aromatic heterocycles. The summed E-state index contributed by atoms with van der Waals surface area (Å²) < 4.78 is 24.1. The Kier molecular flexibility index (Phi) is 5.97. The summed E-state index contributed by atoms with van der Waals surface area (Å²) in [5, 5.41) is 0. The van der Waals surface area contributed by atoms with Crippen molar-refractivity contribution < 1.29 is 18.7 Å². The summed E-state index contributed by atoms with van der Waals surface area (Å²) in [6.45, 7) is 5.49. The fraction of sp³-hybridized carbons (Fsp3) is 0.409. The Morgan fingerprint density at radius 3 is 2.55 bits per heavy atom. The number of piperazine rings is 1. The van der Waals surface area contributed by atoms with Crippen molar-refractivity contribution in [1.29, 1.82) is 0 Å². The first kappa shape index (κ1) is 19.7. The van der Waals surface area contributed by atoms with Crippen LogP contribution in [0, 0.1) is 5.82 Å². The van der Waals surface area contributed by atoms with E-state index in [0.29, 0.717) is 19.9 Å². The largest absolute Gasteiger partial charge is 0.454 e. The highest BCUT2D eigenvalue weighted by Crippen LogP contribution is 2.32. The first-order valence-electron chi connectivity index (χ1n) is 9.88. The molecular formula is C22H26FN3O3. The Hall–Kier alpha value is -2.64. The van der Waals surface area contributed by atoms with Crippen molar-refractivity contribution in [2.45, 2.75) is 13.1 Å². The second-order valence-corrected chi connectivity index (χ2v) is 7.62. The predicted molar refractivity (Wildman–Crippen MR) is 107 cm³/mol. The molecule has 0 spiro atoms. The SMILES string of the molecule is CN(Cc1cccc(F)c1)C(=O)CN1CCN(Cc2ccc3c(c2)OCO3)CC1. The van der Waals surface area contributed by atoms with Gasteiger partial charge < -0.3 is 14.4 Å². The van der Waals surface area contributed by atoms with Gasteiger partial charge in [0, 0.05) is 46.3 Å². The molecule has 29 heavy (non-hydrogen) atoms. The van der Waals surface area contributed by atoms with Gasteiger partial charge in [-0.25, -0.2) is 4.39 Å². The summed E-state index contributed by atoms with van der Waals surface area (Å²) in [4.78, 5) is 18.8. The third-order valence-corrected chi connectivity index (χ3v) is 5.40. The zero-order valence-corrected chi connectivity index (χ0v) is 16.6. The molecule has 2 aliphatic heterocycles. The highest BCUT2D eigenvalue weighted by Gasteiger charge is 2.21. The molecule has 2 aliphatic rings. The smallest absolute Gasteiger partial charge is 0.236 e. The Morgan fingerprint density at radius 1 is 1.00 bits per heavy atom. The molecule has 0 aliphatic carbocycles. The number of fused-ring (bicyclic) bond motifs is 1. The second-order valence-electron chi connectivity index (χ2n) is 7.62. The lowest BCUT2D eigenvalue weighted by atomic mass is 10.1. The van der Waals surface area contributed by atoms with Gasteiger partial charge in [0.2, 0.25) is 12.7 Å². The van der Waals surface area contributed by atoms with Crippen molar-refractivity contribution >= 4 is 5.91 Å². The van der Waals surface area contributed by atoms with Crippen molar-refractivity contribution in [1.82, 2.24) is 14.7 Å². The van der Waals surface area contributed by atoms with Gasteiger partial charge in [0.1, 0.15) is 5.82 Å². The highest BCUT2D eigenvalue weighted by molar-refractivity contribution is 5.78. The van der Waals surface area contributed by atoms with Crippen LogP contribution in [0.5, 0.6) is 11.5 Å². The summed E-state index contributed by atoms with van der Waals surface area (Å²) in [7, 11) is 1.77. The number of amides is 1. The molecule has 7 heteroatoms. The molecule has 154 valence electrons. The molecule has 6 nitrogen and oxygen atoms in total. The van der Waals surface area contributed by atoms with Crippen LogP contribution >= 0.6 is 0 Å². The molecule has 1 amide bonds. The minimum Gasteiger partial charge on any atom is -0.454 e. The maximum atomic E-state index is 13.3. The van der Waals surface area contributed by atoms with Crippen molar-refractivity contribution in [2.75, 3.05) is 46.6 Å². The van der Waals surface area contributed by atoms with Crippen LogP contribution in [-0.2, 0) is 17.9 Å². The number of hydrogen-bond donors (Lipinski definition) is 0. The molecule has 0 radical (unpaired) electrons. The molecule has 0 saturated carbocycles. The van der Waals surface area contributed by atoms with Crippen molar-refractivity contribution in [3.8, 4) is 11.5 Å². The van der Waals surface area contributed by atoms with Crippen molar-refractivity contribution in [3.63, 3.8) is 0 Å². The van der Waals surface area contributed by atoms with Crippen LogP contribution in [-0.4, -0.2) is 67.2 Å². The lowest BCUT2D eigenvalue weighted by Crippen LogP contribution is -2.49. The van der Waals surface area contributed by atoms with Gasteiger partial charge in [-0.3, -0.25) is 14.6 Å². The van der Waals surface area contributed by atoms with Crippen LogP contribution in [0.1, 0.15) is 11.1 Å². The van der Waals surface area contributed by atoms with Gasteiger partial charge in [0.05, 0.1) is 6.54 Å². The van der Waals surface area contributed by atoms with E-state index in [2.05, 4.69) is 15.9 Å². The van der Waals surface area contributed by atoms with Crippen LogP contribution in [0.15, 0.2) is 42.5 Å². The molecule has 0 unspecified atom stereocenters. The van der Waals surface area contributed by atoms with E-state index in [1.54, 1.807) is 18.0 Å². The Labute approximate surface area is 170 Å². The topological polar surface area (TPSA) is 45.3 Å². The van der Waals surface area contributed by atoms with Crippen molar-refractivity contribution in [2.24, 2.45) is 0 Å². The summed E-state index contributed by atoms with van der Waals surface area (Å²) in [5.74, 6) is 1.40. The first-order valence-corrected chi connectivity index (χ1v) is 9.88. The van der Waals surface area contributed by atoms with Crippen molar-refractivity contribution in [3.05, 3.63) is 59.4 Å². The number of ether oxygens (including phenoxy) is 2. The number of hydrogen-bond acceptors (Lipinski definition) is 5. The molecule has 1 saturated heterocycles. The Morgan fingerprint density at radius 2 is 1.76 bits per heavy atom. The molecular weight excluding hydrogens is 373 g/mol. The third-order valence-electron chi connectivity index (χ3n) is 5.40. The van der Waals surface area contributed by atoms with Gasteiger partial charge in [-0.1, -0.05) is 18.2 Å². The van der Waals surface area contributed by atoms with E-state index in [9.17, 15) is 9.18 Å². The summed E-state index contributed by atoms with van der Waals surface area (Å²) in [6, 6.07) is 12.5. The highest BCUT2D eigenvalue weighted by atomic mass is 19.1. The van der Waals surface area contributed by atoms with Gasteiger partial charge in [-0.2, -0.15) is 0 Å². The number of carbonyl (C=O) groups is 1. The number of benzene rings is 2. The zero-order chi connectivity index (χ0) is 20.2. The molecule has 4 rings (SSSR count). The van der Waals surface area contributed by atoms with Crippen LogP contribution in [0.4, 0.5) is 4.39 Å². The molecule has 2 aromatic carbocycles. The van der Waals surface area contributed by atoms with E-state index >= 15 is 0 Å². The van der Waals surface area contributed by atoms with Crippen LogP contribution in [0.2, 0.25) is 0 Å². The van der Waals surface area contributed by atoms with Gasteiger partial charge in [-0.15, -0.1) is 0 Å². The van der Waals surface area contributed by atoms with Crippen LogP contribution in [0.25, 0.3) is 0 Å². The van der Waals surface area contributed by atoms with E-state index in [0.717, 1.165) is 49.8 Å². The van der Waals surface area contributed by atoms with Gasteiger partial charge in [0.25, 0.3) is 0 Å². The minimum atomic E-state index is -0.276. The quantitative estimate of drug-likeness (QED) is 0.746. The molecule has 0 N–H and O–H groups in total. The summed E-state index contributed by atoms with van der Waals surface area (Å²) in [6.07, 6.45) is 0. The molecule has 2 heterocycles. The average molecular weight is 399 g/mol. The summed E-state index contributed by atoms with van der Waals surface area (Å²) >= 11 is 0. The maximum Gasteiger partial charge on any atom is 0.236 e. The van der Waals surface area contributed by atoms with Crippen LogP contribution in [0.3, 0.4) is 0 Å². The standard InChI is InChI=1S/C22H26FN3O3/c1-24(13-17-3-2-4-19(23)11-17)22(27)15-26-9-7-25(8-10-26)14-18-5-6-20-21(12-18)29-16-28-20/h2-6,11-12H,7-10,13-16H2,1H3. The van der Waals surface area contributed by atoms with Gasteiger partial charge in [0.15, 0.2) is 11.5 Å². The fourth-order valence-corrected chi connectivity index (χ4v) is 3.71. The first-order chi connectivity index (χ1) is 14.1. The van der Waals surface area contributed by atoms with Crippen LogP contribution < -0.4 is 9.47 Å². The number of carbonyl (C=O) groups excluding carboxylic acids is 1. The number of rotatable bonds is 6. The Bertz CT molecular complexity index is 868. The average Bonchev–Trinajstić information content (AvgIpc) is 3.17. The van der Waals surface area contributed by atoms with E-state index < -0.39 is 0 Å². The molecule has 0 bridgehead atoms. The maximum absolute atomic E-state index is 13.3. The monoisotopic (exact) mass is 399 g/mol. The normalized spacial score (nSPS) is 16.8. The Balaban J connectivity index is 1.22. The third kappa shape index (κ3) is 5.05. The molecule has 0 atom stereocenters. The number of likely N-dealkylation sites (N-methyl/N-ethyl adjacent to an activating group) is 1. The molecule has 1 fully saturated rings. The predicted octanol–water partition coefficient (Wildman–Crippen LogP) is 2.33. The lowest BCUT2D eigenvalue weighted by Gasteiger charge is -2.35. The van der Waals surface area contributed by atoms with E-state index in [1.165, 1.54) is 17.7 Å². The number of halogens is 1.